The predicted molar refractivity (Wildman–Crippen MR) is 127 cm³/mol. The van der Waals surface area contributed by atoms with Crippen molar-refractivity contribution in [3.8, 4) is 16.9 Å². The quantitative estimate of drug-likeness (QED) is 0.582. The van der Waals surface area contributed by atoms with Gasteiger partial charge in [0.25, 0.3) is 10.0 Å². The highest BCUT2D eigenvalue weighted by Crippen LogP contribution is 2.43. The number of hydrogen-bond acceptors (Lipinski definition) is 4. The molecule has 1 amide bonds. The number of sulfonamides is 1. The summed E-state index contributed by atoms with van der Waals surface area (Å²) < 4.78 is 33.6. The molecule has 0 spiro atoms. The lowest BCUT2D eigenvalue weighted by Gasteiger charge is -2.32. The number of ether oxygens (including phenoxy) is 1. The first-order valence-corrected chi connectivity index (χ1v) is 12.0. The smallest absolute Gasteiger partial charge is 0.265 e. The standard InChI is InChI=1S/C25H26N2O4S/c1-4-18-9-14-23-22(15-18)21-7-5-6-8-24(21)32(29,30)27(23)16-25(28)26-19-10-12-20(13-11-19)31-17(2)3/h5-15,17H,4,16H2,1-3H3,(H,26,28). The summed E-state index contributed by atoms with van der Waals surface area (Å²) in [6.07, 6.45) is 0.884. The molecule has 166 valence electrons. The zero-order chi connectivity index (χ0) is 22.9. The molecular formula is C25H26N2O4S. The van der Waals surface area contributed by atoms with Crippen LogP contribution in [-0.2, 0) is 21.2 Å². The third-order valence-electron chi connectivity index (χ3n) is 5.28. The van der Waals surface area contributed by atoms with E-state index in [4.69, 9.17) is 4.74 Å². The lowest BCUT2D eigenvalue weighted by molar-refractivity contribution is -0.114. The zero-order valence-electron chi connectivity index (χ0n) is 18.3. The maximum absolute atomic E-state index is 13.4. The number of amides is 1. The van der Waals surface area contributed by atoms with Crippen molar-refractivity contribution in [2.45, 2.75) is 38.2 Å². The van der Waals surface area contributed by atoms with Gasteiger partial charge in [0.15, 0.2) is 0 Å². The summed E-state index contributed by atoms with van der Waals surface area (Å²) in [5.41, 5.74) is 3.66. The number of aryl methyl sites for hydroxylation is 1. The van der Waals surface area contributed by atoms with Crippen LogP contribution in [0.25, 0.3) is 11.1 Å². The molecule has 0 atom stereocenters. The van der Waals surface area contributed by atoms with E-state index in [1.165, 1.54) is 4.31 Å². The van der Waals surface area contributed by atoms with Crippen LogP contribution < -0.4 is 14.4 Å². The fourth-order valence-corrected chi connectivity index (χ4v) is 5.44. The molecule has 0 aromatic heterocycles. The molecule has 0 radical (unpaired) electrons. The van der Waals surface area contributed by atoms with Gasteiger partial charge in [-0.25, -0.2) is 8.42 Å². The molecule has 1 N–H and O–H groups in total. The van der Waals surface area contributed by atoms with E-state index in [1.54, 1.807) is 42.5 Å². The summed E-state index contributed by atoms with van der Waals surface area (Å²) in [4.78, 5) is 13.0. The van der Waals surface area contributed by atoms with Crippen molar-refractivity contribution in [1.82, 2.24) is 0 Å². The first-order chi connectivity index (χ1) is 15.3. The van der Waals surface area contributed by atoms with Crippen LogP contribution in [0.15, 0.2) is 71.6 Å². The summed E-state index contributed by atoms with van der Waals surface area (Å²) in [5.74, 6) is 0.282. The molecule has 7 heteroatoms. The molecule has 1 heterocycles. The monoisotopic (exact) mass is 450 g/mol. The first kappa shape index (κ1) is 21.9. The van der Waals surface area contributed by atoms with Gasteiger partial charge < -0.3 is 10.1 Å². The topological polar surface area (TPSA) is 75.7 Å². The van der Waals surface area contributed by atoms with Crippen LogP contribution in [0.2, 0.25) is 0 Å². The van der Waals surface area contributed by atoms with Crippen molar-refractivity contribution in [2.24, 2.45) is 0 Å². The molecule has 0 saturated heterocycles. The van der Waals surface area contributed by atoms with E-state index < -0.39 is 15.9 Å². The van der Waals surface area contributed by atoms with Gasteiger partial charge in [0.05, 0.1) is 16.7 Å². The molecule has 32 heavy (non-hydrogen) atoms. The van der Waals surface area contributed by atoms with E-state index in [-0.39, 0.29) is 17.5 Å². The molecule has 0 aliphatic carbocycles. The van der Waals surface area contributed by atoms with Crippen LogP contribution in [0.4, 0.5) is 11.4 Å². The van der Waals surface area contributed by atoms with Crippen LogP contribution >= 0.6 is 0 Å². The molecule has 3 aromatic carbocycles. The Bertz CT molecular complexity index is 1250. The highest BCUT2D eigenvalue weighted by Gasteiger charge is 2.35. The number of fused-ring (bicyclic) bond motifs is 3. The molecule has 6 nitrogen and oxygen atoms in total. The van der Waals surface area contributed by atoms with E-state index in [1.807, 2.05) is 38.1 Å². The molecule has 0 bridgehead atoms. The Balaban J connectivity index is 1.63. The Kier molecular flexibility index (Phi) is 5.93. The number of carbonyl (C=O) groups excluding carboxylic acids is 1. The van der Waals surface area contributed by atoms with Crippen molar-refractivity contribution in [2.75, 3.05) is 16.2 Å². The zero-order valence-corrected chi connectivity index (χ0v) is 19.1. The number of nitrogens with one attached hydrogen (secondary N) is 1. The number of rotatable bonds is 6. The highest BCUT2D eigenvalue weighted by atomic mass is 32.2. The van der Waals surface area contributed by atoms with Gasteiger partial charge in [-0.2, -0.15) is 0 Å². The normalized spacial score (nSPS) is 13.9. The molecule has 0 unspecified atom stereocenters. The predicted octanol–water partition coefficient (Wildman–Crippen LogP) is 4.85. The summed E-state index contributed by atoms with van der Waals surface area (Å²) in [7, 11) is -3.87. The third-order valence-corrected chi connectivity index (χ3v) is 7.10. The van der Waals surface area contributed by atoms with Crippen molar-refractivity contribution < 1.29 is 17.9 Å². The Hall–Kier alpha value is -3.32. The van der Waals surface area contributed by atoms with E-state index in [0.717, 1.165) is 17.5 Å². The minimum Gasteiger partial charge on any atom is -0.491 e. The van der Waals surface area contributed by atoms with Gasteiger partial charge in [-0.15, -0.1) is 0 Å². The van der Waals surface area contributed by atoms with Crippen molar-refractivity contribution in [1.29, 1.82) is 0 Å². The van der Waals surface area contributed by atoms with Gasteiger partial charge in [0, 0.05) is 16.8 Å². The lowest BCUT2D eigenvalue weighted by atomic mass is 9.99. The van der Waals surface area contributed by atoms with Crippen molar-refractivity contribution in [3.63, 3.8) is 0 Å². The fraction of sp³-hybridized carbons (Fsp3) is 0.240. The van der Waals surface area contributed by atoms with Crippen LogP contribution in [0, 0.1) is 0 Å². The highest BCUT2D eigenvalue weighted by molar-refractivity contribution is 7.93. The minimum atomic E-state index is -3.87. The van der Waals surface area contributed by atoms with Crippen LogP contribution in [0.1, 0.15) is 26.3 Å². The van der Waals surface area contributed by atoms with Gasteiger partial charge >= 0.3 is 0 Å². The second-order valence-electron chi connectivity index (χ2n) is 7.95. The minimum absolute atomic E-state index is 0.0518. The maximum atomic E-state index is 13.4. The van der Waals surface area contributed by atoms with E-state index >= 15 is 0 Å². The van der Waals surface area contributed by atoms with E-state index in [9.17, 15) is 13.2 Å². The summed E-state index contributed by atoms with van der Waals surface area (Å²) in [6, 6.07) is 19.6. The van der Waals surface area contributed by atoms with Gasteiger partial charge in [-0.05, 0) is 68.3 Å². The molecule has 1 aliphatic rings. The maximum Gasteiger partial charge on any atom is 0.265 e. The third kappa shape index (κ3) is 4.21. The van der Waals surface area contributed by atoms with Crippen LogP contribution in [0.3, 0.4) is 0 Å². The molecule has 0 fully saturated rings. The van der Waals surface area contributed by atoms with Crippen LogP contribution in [-0.4, -0.2) is 27.0 Å². The van der Waals surface area contributed by atoms with E-state index in [2.05, 4.69) is 12.2 Å². The molecule has 1 aliphatic heterocycles. The van der Waals surface area contributed by atoms with Crippen molar-refractivity contribution >= 4 is 27.3 Å². The van der Waals surface area contributed by atoms with E-state index in [0.29, 0.717) is 22.7 Å². The number of nitrogens with zero attached hydrogens (tertiary/aromatic N) is 1. The van der Waals surface area contributed by atoms with Gasteiger partial charge in [0.1, 0.15) is 12.3 Å². The summed E-state index contributed by atoms with van der Waals surface area (Å²) in [6.45, 7) is 5.61. The Morgan fingerprint density at radius 1 is 1.00 bits per heavy atom. The first-order valence-electron chi connectivity index (χ1n) is 10.6. The average molecular weight is 451 g/mol. The molecule has 0 saturated carbocycles. The second kappa shape index (κ2) is 8.67. The van der Waals surface area contributed by atoms with Crippen LogP contribution in [0.5, 0.6) is 5.75 Å². The number of hydrogen-bond donors (Lipinski definition) is 1. The SMILES string of the molecule is CCc1ccc2c(c1)-c1ccccc1S(=O)(=O)N2CC(=O)Nc1ccc(OC(C)C)cc1. The molecule has 3 aromatic rings. The Morgan fingerprint density at radius 2 is 1.72 bits per heavy atom. The van der Waals surface area contributed by atoms with Gasteiger partial charge in [-0.3, -0.25) is 9.10 Å². The van der Waals surface area contributed by atoms with Gasteiger partial charge in [-0.1, -0.05) is 31.2 Å². The summed E-state index contributed by atoms with van der Waals surface area (Å²) >= 11 is 0. The summed E-state index contributed by atoms with van der Waals surface area (Å²) in [5, 5.41) is 2.78. The largest absolute Gasteiger partial charge is 0.491 e. The van der Waals surface area contributed by atoms with Crippen molar-refractivity contribution in [3.05, 3.63) is 72.3 Å². The average Bonchev–Trinajstić information content (AvgIpc) is 2.77. The fourth-order valence-electron chi connectivity index (χ4n) is 3.79. The number of benzene rings is 3. The Morgan fingerprint density at radius 3 is 2.41 bits per heavy atom. The second-order valence-corrected chi connectivity index (χ2v) is 9.78. The number of carbonyl (C=O) groups is 1. The lowest BCUT2D eigenvalue weighted by Crippen LogP contribution is -2.40. The number of anilines is 2. The molecule has 4 rings (SSSR count). The van der Waals surface area contributed by atoms with Gasteiger partial charge in [0.2, 0.25) is 5.91 Å². The molecular weight excluding hydrogens is 424 g/mol. The Labute approximate surface area is 188 Å².